The third-order valence-electron chi connectivity index (χ3n) is 4.80. The highest BCUT2D eigenvalue weighted by molar-refractivity contribution is 14.1. The predicted octanol–water partition coefficient (Wildman–Crippen LogP) is 5.32. The molecule has 0 saturated carbocycles. The Morgan fingerprint density at radius 1 is 0.514 bits per heavy atom. The number of halogens is 4. The normalized spacial score (nSPS) is 9.77. The van der Waals surface area contributed by atoms with Gasteiger partial charge in [-0.1, -0.05) is 42.8 Å². The second-order valence-electron chi connectivity index (χ2n) is 8.09. The van der Waals surface area contributed by atoms with E-state index in [1.165, 1.54) is 18.3 Å². The number of rotatable bonds is 2. The van der Waals surface area contributed by atoms with Gasteiger partial charge in [-0.25, -0.2) is 0 Å². The van der Waals surface area contributed by atoms with Crippen LogP contribution in [-0.4, -0.2) is 34.3 Å². The maximum Gasteiger partial charge on any atom is 0.489 e. The van der Waals surface area contributed by atoms with E-state index in [4.69, 9.17) is 20.1 Å². The van der Waals surface area contributed by atoms with Gasteiger partial charge < -0.3 is 20.1 Å². The maximum atomic E-state index is 9.03. The quantitative estimate of drug-likeness (QED) is 0.208. The molecule has 0 spiro atoms. The van der Waals surface area contributed by atoms with Gasteiger partial charge in [-0.15, -0.1) is 0 Å². The van der Waals surface area contributed by atoms with Crippen molar-refractivity contribution in [2.24, 2.45) is 0 Å². The summed E-state index contributed by atoms with van der Waals surface area (Å²) >= 11 is 8.97. The van der Waals surface area contributed by atoms with Crippen LogP contribution in [0.2, 0.25) is 0 Å². The van der Waals surface area contributed by atoms with Crippen LogP contribution in [0.15, 0.2) is 36.4 Å². The summed E-state index contributed by atoms with van der Waals surface area (Å²) in [7, 11) is -2.73. The van der Waals surface area contributed by atoms with Crippen LogP contribution in [0, 0.1) is 55.8 Å². The molecule has 0 heterocycles. The van der Waals surface area contributed by atoms with E-state index in [2.05, 4.69) is 116 Å². The van der Waals surface area contributed by atoms with Gasteiger partial charge in [-0.2, -0.15) is 0 Å². The third-order valence-corrected chi connectivity index (χ3v) is 10.5. The van der Waals surface area contributed by atoms with E-state index in [1.807, 2.05) is 45.9 Å². The molecule has 190 valence electrons. The lowest BCUT2D eigenvalue weighted by atomic mass is 9.77. The molecule has 3 aromatic rings. The van der Waals surface area contributed by atoms with Crippen molar-refractivity contribution in [1.29, 1.82) is 0 Å². The summed E-state index contributed by atoms with van der Waals surface area (Å²) in [6.07, 6.45) is 0. The number of aryl methyl sites for hydroxylation is 6. The molecule has 0 aromatic heterocycles. The van der Waals surface area contributed by atoms with Crippen molar-refractivity contribution in [1.82, 2.24) is 0 Å². The molecule has 0 unspecified atom stereocenters. The smallest absolute Gasteiger partial charge is 0.423 e. The Morgan fingerprint density at radius 2 is 0.914 bits per heavy atom. The topological polar surface area (TPSA) is 80.9 Å². The van der Waals surface area contributed by atoms with Gasteiger partial charge in [0.15, 0.2) is 0 Å². The third kappa shape index (κ3) is 11.4. The summed E-state index contributed by atoms with van der Waals surface area (Å²) in [5, 5.41) is 36.1. The highest BCUT2D eigenvalue weighted by atomic mass is 127. The molecular formula is C25H32B2I4O4. The van der Waals surface area contributed by atoms with Gasteiger partial charge in [0, 0.05) is 14.3 Å². The van der Waals surface area contributed by atoms with Crippen molar-refractivity contribution in [3.8, 4) is 0 Å². The molecule has 0 saturated heterocycles. The molecule has 4 N–H and O–H groups in total. The van der Waals surface area contributed by atoms with Gasteiger partial charge in [0.05, 0.1) is 0 Å². The van der Waals surface area contributed by atoms with Crippen LogP contribution in [-0.2, 0) is 0 Å². The zero-order valence-electron chi connectivity index (χ0n) is 19.9. The summed E-state index contributed by atoms with van der Waals surface area (Å²) in [5.41, 5.74) is 8.13. The van der Waals surface area contributed by atoms with E-state index in [0.29, 0.717) is 10.9 Å². The number of benzene rings is 3. The Morgan fingerprint density at radius 3 is 1.31 bits per heavy atom. The summed E-state index contributed by atoms with van der Waals surface area (Å²) in [6.45, 7) is 12.0. The van der Waals surface area contributed by atoms with Gasteiger partial charge in [0.2, 0.25) is 0 Å². The molecule has 0 aliphatic heterocycles. The molecule has 0 atom stereocenters. The van der Waals surface area contributed by atoms with E-state index in [9.17, 15) is 0 Å². The second kappa shape index (κ2) is 16.5. The lowest BCUT2D eigenvalue weighted by molar-refractivity contribution is 0.424. The standard InChI is InChI=1S/2C8H10BIO2.C8H8I2.CH4/c1-5-3-6(2)8(9(11)12)7(10)4-5;1-5-3-6(2)8(10)7(4-5)9(11)12;1-5-3-6(2)8(10)7(9)4-5;/h2*3-4,11-12H,1-2H3;3-4H,1-2H3;1H4. The summed E-state index contributed by atoms with van der Waals surface area (Å²) in [5.74, 6) is 0. The minimum absolute atomic E-state index is 0. The molecule has 0 radical (unpaired) electrons. The van der Waals surface area contributed by atoms with Crippen molar-refractivity contribution in [3.05, 3.63) is 84.1 Å². The highest BCUT2D eigenvalue weighted by Gasteiger charge is 2.17. The van der Waals surface area contributed by atoms with Gasteiger partial charge in [0.25, 0.3) is 0 Å². The van der Waals surface area contributed by atoms with Crippen molar-refractivity contribution in [3.63, 3.8) is 0 Å². The minimum atomic E-state index is -1.37. The van der Waals surface area contributed by atoms with E-state index in [1.54, 1.807) is 6.07 Å². The second-order valence-corrected chi connectivity index (χ2v) is 12.6. The first-order valence-electron chi connectivity index (χ1n) is 10.3. The van der Waals surface area contributed by atoms with E-state index in [0.717, 1.165) is 29.4 Å². The van der Waals surface area contributed by atoms with Crippen LogP contribution in [0.5, 0.6) is 0 Å². The Balaban J connectivity index is 0.000000491. The fraction of sp³-hybridized carbons (Fsp3) is 0.280. The first-order chi connectivity index (χ1) is 15.6. The van der Waals surface area contributed by atoms with Crippen molar-refractivity contribution in [2.75, 3.05) is 0 Å². The average Bonchev–Trinajstić information content (AvgIpc) is 2.68. The Kier molecular flexibility index (Phi) is 16.8. The fourth-order valence-electron chi connectivity index (χ4n) is 3.32. The van der Waals surface area contributed by atoms with Gasteiger partial charge in [-0.05, 0) is 177 Å². The highest BCUT2D eigenvalue weighted by Crippen LogP contribution is 2.20. The number of hydrogen-bond acceptors (Lipinski definition) is 4. The SMILES string of the molecule is C.Cc1cc(C)c(B(O)O)c(I)c1.Cc1cc(C)c(I)c(B(O)O)c1.Cc1cc(C)c(I)c(I)c1. The summed E-state index contributed by atoms with van der Waals surface area (Å²) < 4.78 is 4.56. The van der Waals surface area contributed by atoms with Crippen LogP contribution < -0.4 is 10.9 Å². The van der Waals surface area contributed by atoms with E-state index in [-0.39, 0.29) is 7.43 Å². The minimum Gasteiger partial charge on any atom is -0.423 e. The molecule has 0 aliphatic rings. The molecule has 0 fully saturated rings. The van der Waals surface area contributed by atoms with Crippen LogP contribution in [0.4, 0.5) is 0 Å². The molecule has 35 heavy (non-hydrogen) atoms. The Bertz CT molecular complexity index is 1090. The monoisotopic (exact) mass is 926 g/mol. The van der Waals surface area contributed by atoms with E-state index < -0.39 is 14.2 Å². The summed E-state index contributed by atoms with van der Waals surface area (Å²) in [6, 6.07) is 12.1. The molecule has 4 nitrogen and oxygen atoms in total. The van der Waals surface area contributed by atoms with Crippen molar-refractivity contribution < 1.29 is 20.1 Å². The first kappa shape index (κ1) is 35.5. The average molecular weight is 926 g/mol. The van der Waals surface area contributed by atoms with Crippen LogP contribution >= 0.6 is 90.4 Å². The van der Waals surface area contributed by atoms with Gasteiger partial charge in [0.1, 0.15) is 0 Å². The molecular weight excluding hydrogens is 894 g/mol. The first-order valence-corrected chi connectivity index (χ1v) is 14.6. The molecule has 0 aliphatic carbocycles. The van der Waals surface area contributed by atoms with Crippen LogP contribution in [0.1, 0.15) is 40.8 Å². The maximum absolute atomic E-state index is 9.03. The largest absolute Gasteiger partial charge is 0.489 e. The molecule has 3 aromatic carbocycles. The molecule has 0 amide bonds. The van der Waals surface area contributed by atoms with Gasteiger partial charge in [-0.3, -0.25) is 0 Å². The molecule has 0 bridgehead atoms. The Labute approximate surface area is 265 Å². The lowest BCUT2D eigenvalue weighted by Gasteiger charge is -2.08. The zero-order valence-corrected chi connectivity index (χ0v) is 28.5. The van der Waals surface area contributed by atoms with Crippen molar-refractivity contribution in [2.45, 2.75) is 49.0 Å². The Hall–Kier alpha value is 0.550. The number of hydrogen-bond donors (Lipinski definition) is 4. The van der Waals surface area contributed by atoms with Gasteiger partial charge >= 0.3 is 14.2 Å². The van der Waals surface area contributed by atoms with Crippen molar-refractivity contribution >= 4 is 116 Å². The summed E-state index contributed by atoms with van der Waals surface area (Å²) in [4.78, 5) is 0. The van der Waals surface area contributed by atoms with E-state index >= 15 is 0 Å². The van der Waals surface area contributed by atoms with Crippen LogP contribution in [0.25, 0.3) is 0 Å². The lowest BCUT2D eigenvalue weighted by Crippen LogP contribution is -2.34. The fourth-order valence-corrected chi connectivity index (χ4v) is 6.34. The zero-order chi connectivity index (χ0) is 26.3. The predicted molar refractivity (Wildman–Crippen MR) is 185 cm³/mol. The molecule has 3 rings (SSSR count). The molecule has 10 heteroatoms. The van der Waals surface area contributed by atoms with Crippen LogP contribution in [0.3, 0.4) is 0 Å².